The van der Waals surface area contributed by atoms with Crippen molar-refractivity contribution in [1.29, 1.82) is 0 Å². The van der Waals surface area contributed by atoms with E-state index in [0.717, 1.165) is 17.6 Å². The van der Waals surface area contributed by atoms with Crippen LogP contribution in [0.1, 0.15) is 33.5 Å². The van der Waals surface area contributed by atoms with Gasteiger partial charge in [0.2, 0.25) is 20.3 Å². The molecule has 1 amide bonds. The summed E-state index contributed by atoms with van der Waals surface area (Å²) in [5.41, 5.74) is 0.690. The molecule has 2 N–H and O–H groups in total. The van der Waals surface area contributed by atoms with Crippen molar-refractivity contribution in [1.82, 2.24) is 15.2 Å². The van der Waals surface area contributed by atoms with E-state index >= 15 is 0 Å². The molecule has 0 aromatic carbocycles. The Labute approximate surface area is 147 Å². The van der Waals surface area contributed by atoms with Crippen LogP contribution in [0.3, 0.4) is 0 Å². The molecule has 0 aliphatic rings. The molecule has 0 unspecified atom stereocenters. The van der Waals surface area contributed by atoms with Gasteiger partial charge in [0.1, 0.15) is 5.69 Å². The van der Waals surface area contributed by atoms with Gasteiger partial charge in [-0.05, 0) is 26.0 Å². The minimum absolute atomic E-state index is 0.0274. The van der Waals surface area contributed by atoms with E-state index in [1.54, 1.807) is 13.8 Å². The summed E-state index contributed by atoms with van der Waals surface area (Å²) in [5.74, 6) is -1.08. The molecule has 2 rings (SSSR count). The first kappa shape index (κ1) is 18.7. The largest absolute Gasteiger partial charge is 0.462 e. The van der Waals surface area contributed by atoms with E-state index in [9.17, 15) is 18.0 Å². The van der Waals surface area contributed by atoms with Gasteiger partial charge in [0, 0.05) is 0 Å². The fourth-order valence-corrected chi connectivity index (χ4v) is 3.22. The molecular formula is C13H15N5O5S2. The van der Waals surface area contributed by atoms with Crippen LogP contribution >= 0.6 is 11.3 Å². The van der Waals surface area contributed by atoms with E-state index in [1.807, 2.05) is 0 Å². The number of carbonyl (C=O) groups excluding carboxylic acids is 2. The second-order valence-corrected chi connectivity index (χ2v) is 7.52. The van der Waals surface area contributed by atoms with Crippen molar-refractivity contribution in [2.45, 2.75) is 13.8 Å². The molecule has 0 aliphatic heterocycles. The van der Waals surface area contributed by atoms with Crippen molar-refractivity contribution in [3.63, 3.8) is 0 Å². The summed E-state index contributed by atoms with van der Waals surface area (Å²) in [5, 5.41) is 9.86. The number of aryl methyl sites for hydroxylation is 1. The summed E-state index contributed by atoms with van der Waals surface area (Å²) in [7, 11) is -3.48. The van der Waals surface area contributed by atoms with Crippen LogP contribution in [-0.4, -0.2) is 48.3 Å². The summed E-state index contributed by atoms with van der Waals surface area (Å²) in [6.07, 6.45) is 0.977. The summed E-state index contributed by atoms with van der Waals surface area (Å²) >= 11 is 0.855. The number of ether oxygens (including phenoxy) is 1. The van der Waals surface area contributed by atoms with E-state index in [2.05, 4.69) is 25.2 Å². The molecule has 2 heterocycles. The highest BCUT2D eigenvalue weighted by Gasteiger charge is 2.16. The molecule has 2 aromatic heterocycles. The third-order valence-corrected chi connectivity index (χ3v) is 4.18. The predicted molar refractivity (Wildman–Crippen MR) is 91.3 cm³/mol. The third-order valence-electron chi connectivity index (χ3n) is 2.73. The Hall–Kier alpha value is -2.60. The maximum absolute atomic E-state index is 12.2. The Morgan fingerprint density at radius 2 is 1.92 bits per heavy atom. The minimum atomic E-state index is -3.48. The van der Waals surface area contributed by atoms with Gasteiger partial charge in [0.25, 0.3) is 5.91 Å². The Morgan fingerprint density at radius 3 is 2.52 bits per heavy atom. The molecule has 0 bridgehead atoms. The molecule has 134 valence electrons. The lowest BCUT2D eigenvalue weighted by Crippen LogP contribution is -2.16. The highest BCUT2D eigenvalue weighted by Crippen LogP contribution is 2.21. The number of sulfonamides is 1. The van der Waals surface area contributed by atoms with Gasteiger partial charge in [-0.1, -0.05) is 11.3 Å². The molecule has 0 saturated heterocycles. The lowest BCUT2D eigenvalue weighted by Gasteiger charge is -2.06. The van der Waals surface area contributed by atoms with E-state index in [-0.39, 0.29) is 28.1 Å². The molecule has 0 aliphatic carbocycles. The Morgan fingerprint density at radius 1 is 1.24 bits per heavy atom. The van der Waals surface area contributed by atoms with Crippen LogP contribution in [0.2, 0.25) is 0 Å². The molecule has 0 atom stereocenters. The Kier molecular flexibility index (Phi) is 5.64. The van der Waals surface area contributed by atoms with Crippen LogP contribution in [-0.2, 0) is 14.8 Å². The highest BCUT2D eigenvalue weighted by molar-refractivity contribution is 7.92. The number of aromatic nitrogens is 3. The van der Waals surface area contributed by atoms with Crippen LogP contribution in [0.25, 0.3) is 0 Å². The van der Waals surface area contributed by atoms with Crippen molar-refractivity contribution in [3.05, 3.63) is 29.1 Å². The molecule has 0 radical (unpaired) electrons. The topological polar surface area (TPSA) is 140 Å². The summed E-state index contributed by atoms with van der Waals surface area (Å²) in [6.45, 7) is 3.51. The van der Waals surface area contributed by atoms with E-state index in [1.165, 1.54) is 12.1 Å². The van der Waals surface area contributed by atoms with Crippen molar-refractivity contribution >= 4 is 43.5 Å². The zero-order valence-electron chi connectivity index (χ0n) is 13.6. The first-order valence-corrected chi connectivity index (χ1v) is 9.68. The van der Waals surface area contributed by atoms with Gasteiger partial charge in [-0.2, -0.15) is 0 Å². The molecule has 12 heteroatoms. The van der Waals surface area contributed by atoms with Gasteiger partial charge in [-0.25, -0.2) is 18.2 Å². The molecule has 0 spiro atoms. The van der Waals surface area contributed by atoms with Gasteiger partial charge in [-0.15, -0.1) is 10.2 Å². The zero-order chi connectivity index (χ0) is 18.6. The minimum Gasteiger partial charge on any atom is -0.462 e. The maximum atomic E-state index is 12.2. The summed E-state index contributed by atoms with van der Waals surface area (Å²) in [6, 6.07) is 2.83. The Bertz CT molecular complexity index is 909. The maximum Gasteiger partial charge on any atom is 0.339 e. The SMILES string of the molecule is CCOC(=O)c1ccc(C(=O)Nc2nnc(NS(C)(=O)=O)s2)nc1C. The van der Waals surface area contributed by atoms with E-state index in [0.29, 0.717) is 5.69 Å². The summed E-state index contributed by atoms with van der Waals surface area (Å²) < 4.78 is 29.3. The van der Waals surface area contributed by atoms with Crippen LogP contribution in [0.5, 0.6) is 0 Å². The van der Waals surface area contributed by atoms with Gasteiger partial charge in [0.05, 0.1) is 24.1 Å². The number of pyridine rings is 1. The number of carbonyl (C=O) groups is 2. The monoisotopic (exact) mass is 385 g/mol. The average Bonchev–Trinajstić information content (AvgIpc) is 2.92. The predicted octanol–water partition coefficient (Wildman–Crippen LogP) is 1.04. The first-order valence-electron chi connectivity index (χ1n) is 6.97. The van der Waals surface area contributed by atoms with Crippen LogP contribution in [0, 0.1) is 6.92 Å². The number of rotatable bonds is 6. The molecular weight excluding hydrogens is 370 g/mol. The average molecular weight is 385 g/mol. The quantitative estimate of drug-likeness (QED) is 0.703. The second-order valence-electron chi connectivity index (χ2n) is 4.79. The molecule has 10 nitrogen and oxygen atoms in total. The molecule has 0 saturated carbocycles. The molecule has 25 heavy (non-hydrogen) atoms. The van der Waals surface area contributed by atoms with E-state index < -0.39 is 21.9 Å². The molecule has 0 fully saturated rings. The summed E-state index contributed by atoms with van der Waals surface area (Å²) in [4.78, 5) is 28.0. The normalized spacial score (nSPS) is 11.0. The smallest absolute Gasteiger partial charge is 0.339 e. The standard InChI is InChI=1S/C13H15N5O5S2/c1-4-23-11(20)8-5-6-9(14-7(8)2)10(19)15-12-16-17-13(24-12)18-25(3,21)22/h5-6H,4H2,1-3H3,(H,17,18)(H,15,16,19). The van der Waals surface area contributed by atoms with Gasteiger partial charge >= 0.3 is 5.97 Å². The van der Waals surface area contributed by atoms with Crippen molar-refractivity contribution in [3.8, 4) is 0 Å². The molecule has 2 aromatic rings. The van der Waals surface area contributed by atoms with Crippen molar-refractivity contribution in [2.24, 2.45) is 0 Å². The van der Waals surface area contributed by atoms with Crippen molar-refractivity contribution < 1.29 is 22.7 Å². The number of esters is 1. The van der Waals surface area contributed by atoms with E-state index in [4.69, 9.17) is 4.74 Å². The van der Waals surface area contributed by atoms with Crippen molar-refractivity contribution in [2.75, 3.05) is 22.9 Å². The van der Waals surface area contributed by atoms with Gasteiger partial charge in [-0.3, -0.25) is 14.8 Å². The highest BCUT2D eigenvalue weighted by atomic mass is 32.2. The first-order chi connectivity index (χ1) is 11.7. The van der Waals surface area contributed by atoms with Gasteiger partial charge in [0.15, 0.2) is 0 Å². The lowest BCUT2D eigenvalue weighted by atomic mass is 10.2. The van der Waals surface area contributed by atoms with Crippen LogP contribution in [0.4, 0.5) is 10.3 Å². The number of nitrogens with one attached hydrogen (secondary N) is 2. The fraction of sp³-hybridized carbons (Fsp3) is 0.308. The number of amides is 1. The fourth-order valence-electron chi connectivity index (χ4n) is 1.75. The van der Waals surface area contributed by atoms with Crippen LogP contribution < -0.4 is 10.0 Å². The lowest BCUT2D eigenvalue weighted by molar-refractivity contribution is 0.0524. The Balaban J connectivity index is 2.11. The second kappa shape index (κ2) is 7.53. The number of anilines is 2. The number of hydrogen-bond acceptors (Lipinski definition) is 9. The van der Waals surface area contributed by atoms with Gasteiger partial charge < -0.3 is 4.74 Å². The number of nitrogens with zero attached hydrogens (tertiary/aromatic N) is 3. The van der Waals surface area contributed by atoms with Crippen LogP contribution in [0.15, 0.2) is 12.1 Å². The zero-order valence-corrected chi connectivity index (χ0v) is 15.2. The third kappa shape index (κ3) is 5.19. The number of hydrogen-bond donors (Lipinski definition) is 2.